The van der Waals surface area contributed by atoms with Crippen LogP contribution in [0.3, 0.4) is 0 Å². The van der Waals surface area contributed by atoms with Crippen LogP contribution in [0, 0.1) is 5.92 Å². The third kappa shape index (κ3) is 3.81. The molecule has 2 saturated carbocycles. The summed E-state index contributed by atoms with van der Waals surface area (Å²) in [5.41, 5.74) is 0. The Morgan fingerprint density at radius 2 is 1.53 bits per heavy atom. The molecule has 0 atom stereocenters. The van der Waals surface area contributed by atoms with E-state index >= 15 is 0 Å². The molecule has 2 heteroatoms. The van der Waals surface area contributed by atoms with Crippen LogP contribution in [0.15, 0.2) is 0 Å². The minimum atomic E-state index is -0.496. The molecule has 2 radical (unpaired) electrons. The number of alkyl halides is 1. The maximum atomic E-state index is 12.9. The Balaban J connectivity index is 1.60. The van der Waals surface area contributed by atoms with Gasteiger partial charge in [-0.2, -0.15) is 0 Å². The fourth-order valence-electron chi connectivity index (χ4n) is 3.12. The van der Waals surface area contributed by atoms with Gasteiger partial charge in [0.05, 0.1) is 6.17 Å². The van der Waals surface area contributed by atoms with Gasteiger partial charge in [-0.1, -0.05) is 50.9 Å². The van der Waals surface area contributed by atoms with Gasteiger partial charge >= 0.3 is 0 Å². The van der Waals surface area contributed by atoms with Gasteiger partial charge in [-0.15, -0.1) is 0 Å². The maximum absolute atomic E-state index is 12.9. The monoisotopic (exact) mass is 209 g/mol. The van der Waals surface area contributed by atoms with E-state index in [1.165, 1.54) is 38.4 Å². The van der Waals surface area contributed by atoms with Crippen molar-refractivity contribution >= 4 is 7.28 Å². The van der Waals surface area contributed by atoms with Crippen LogP contribution in [-0.4, -0.2) is 13.5 Å². The van der Waals surface area contributed by atoms with Crippen molar-refractivity contribution in [2.24, 2.45) is 5.92 Å². The molecular formula is C13H23BF-. The first-order valence-electron chi connectivity index (χ1n) is 6.82. The van der Waals surface area contributed by atoms with E-state index in [1.807, 2.05) is 0 Å². The molecule has 0 nitrogen and oxygen atoms in total. The molecule has 86 valence electrons. The summed E-state index contributed by atoms with van der Waals surface area (Å²) in [6, 6.07) is 0. The van der Waals surface area contributed by atoms with Crippen molar-refractivity contribution in [1.29, 1.82) is 0 Å². The normalized spacial score (nSPS) is 34.2. The zero-order valence-electron chi connectivity index (χ0n) is 9.76. The highest BCUT2D eigenvalue weighted by atomic mass is 19.1. The van der Waals surface area contributed by atoms with Crippen molar-refractivity contribution in [3.8, 4) is 0 Å². The molecular weight excluding hydrogens is 186 g/mol. The summed E-state index contributed by atoms with van der Waals surface area (Å²) < 4.78 is 12.9. The van der Waals surface area contributed by atoms with E-state index in [1.54, 1.807) is 0 Å². The summed E-state index contributed by atoms with van der Waals surface area (Å²) in [7, 11) is 2.52. The van der Waals surface area contributed by atoms with Crippen LogP contribution in [0.1, 0.15) is 57.8 Å². The molecule has 2 aliphatic rings. The van der Waals surface area contributed by atoms with Crippen molar-refractivity contribution in [2.45, 2.75) is 76.1 Å². The summed E-state index contributed by atoms with van der Waals surface area (Å²) >= 11 is 0. The zero-order chi connectivity index (χ0) is 10.5. The fraction of sp³-hybridized carbons (Fsp3) is 1.00. The lowest BCUT2D eigenvalue weighted by Crippen LogP contribution is -2.18. The molecule has 15 heavy (non-hydrogen) atoms. The standard InChI is InChI=1S/C13H23BF/c15-13-8-6-12(7-9-13)14-10-11-4-2-1-3-5-11/h11-13H,1-10H2/q-1. The number of hydrogen-bond acceptors (Lipinski definition) is 0. The highest BCUT2D eigenvalue weighted by Gasteiger charge is 2.15. The van der Waals surface area contributed by atoms with Gasteiger partial charge in [0.25, 0.3) is 0 Å². The predicted octanol–water partition coefficient (Wildman–Crippen LogP) is 4.39. The SMILES string of the molecule is FC1CCC([B-]CC2CCCCC2)CC1. The van der Waals surface area contributed by atoms with Crippen LogP contribution in [0.2, 0.25) is 12.1 Å². The fourth-order valence-corrected chi connectivity index (χ4v) is 3.12. The van der Waals surface area contributed by atoms with Crippen molar-refractivity contribution in [3.05, 3.63) is 0 Å². The summed E-state index contributed by atoms with van der Waals surface area (Å²) in [6.45, 7) is 0. The van der Waals surface area contributed by atoms with Gasteiger partial charge in [-0.3, -0.25) is 0 Å². The van der Waals surface area contributed by atoms with E-state index in [0.717, 1.165) is 37.4 Å². The zero-order valence-corrected chi connectivity index (χ0v) is 9.76. The minimum Gasteiger partial charge on any atom is -0.332 e. The molecule has 0 unspecified atom stereocenters. The number of halogens is 1. The molecule has 2 fully saturated rings. The van der Waals surface area contributed by atoms with E-state index in [-0.39, 0.29) is 0 Å². The number of rotatable bonds is 3. The molecule has 0 spiro atoms. The van der Waals surface area contributed by atoms with Gasteiger partial charge in [0.1, 0.15) is 0 Å². The highest BCUT2D eigenvalue weighted by molar-refractivity contribution is 6.37. The number of hydrogen-bond donors (Lipinski definition) is 0. The molecule has 0 bridgehead atoms. The van der Waals surface area contributed by atoms with Crippen molar-refractivity contribution < 1.29 is 4.39 Å². The van der Waals surface area contributed by atoms with Crippen LogP contribution in [0.25, 0.3) is 0 Å². The molecule has 0 aromatic carbocycles. The average Bonchev–Trinajstić information content (AvgIpc) is 2.30. The van der Waals surface area contributed by atoms with Crippen LogP contribution in [0.4, 0.5) is 4.39 Å². The Bertz CT molecular complexity index is 169. The molecule has 0 aromatic rings. The summed E-state index contributed by atoms with van der Waals surface area (Å²) in [5.74, 6) is 1.70. The van der Waals surface area contributed by atoms with E-state index in [9.17, 15) is 4.39 Å². The van der Waals surface area contributed by atoms with Gasteiger partial charge in [-0.05, 0) is 12.8 Å². The summed E-state index contributed by atoms with van der Waals surface area (Å²) in [5, 5.41) is 0. The first kappa shape index (κ1) is 11.5. The van der Waals surface area contributed by atoms with Gasteiger partial charge < -0.3 is 7.28 Å². The molecule has 0 aliphatic heterocycles. The second kappa shape index (κ2) is 5.91. The van der Waals surface area contributed by atoms with Crippen LogP contribution < -0.4 is 0 Å². The molecule has 2 aliphatic carbocycles. The van der Waals surface area contributed by atoms with Gasteiger partial charge in [0.15, 0.2) is 0 Å². The summed E-state index contributed by atoms with van der Waals surface area (Å²) in [4.78, 5) is 0. The highest BCUT2D eigenvalue weighted by Crippen LogP contribution is 2.33. The van der Waals surface area contributed by atoms with Crippen molar-refractivity contribution in [2.75, 3.05) is 0 Å². The molecule has 2 rings (SSSR count). The Hall–Kier alpha value is -0.00506. The van der Waals surface area contributed by atoms with Crippen molar-refractivity contribution in [3.63, 3.8) is 0 Å². The van der Waals surface area contributed by atoms with E-state index in [0.29, 0.717) is 0 Å². The lowest BCUT2D eigenvalue weighted by Gasteiger charge is -2.37. The van der Waals surface area contributed by atoms with Gasteiger partial charge in [-0.25, -0.2) is 16.5 Å². The Morgan fingerprint density at radius 1 is 0.867 bits per heavy atom. The Morgan fingerprint density at radius 3 is 2.20 bits per heavy atom. The lowest BCUT2D eigenvalue weighted by atomic mass is 9.54. The van der Waals surface area contributed by atoms with Crippen LogP contribution in [0.5, 0.6) is 0 Å². The van der Waals surface area contributed by atoms with Crippen LogP contribution in [-0.2, 0) is 0 Å². The van der Waals surface area contributed by atoms with Crippen molar-refractivity contribution in [1.82, 2.24) is 0 Å². The topological polar surface area (TPSA) is 0 Å². The quantitative estimate of drug-likeness (QED) is 0.604. The average molecular weight is 209 g/mol. The van der Waals surface area contributed by atoms with E-state index < -0.39 is 6.17 Å². The lowest BCUT2D eigenvalue weighted by molar-refractivity contribution is 0.250. The first-order chi connectivity index (χ1) is 7.34. The second-order valence-corrected chi connectivity index (χ2v) is 5.49. The van der Waals surface area contributed by atoms with E-state index in [2.05, 4.69) is 7.28 Å². The predicted molar refractivity (Wildman–Crippen MR) is 64.3 cm³/mol. The molecule has 0 heterocycles. The molecule has 0 amide bonds. The Labute approximate surface area is 94.3 Å². The van der Waals surface area contributed by atoms with Crippen LogP contribution >= 0.6 is 0 Å². The smallest absolute Gasteiger partial charge is 0.0999 e. The molecule has 0 aromatic heterocycles. The Kier molecular flexibility index (Phi) is 4.52. The molecule has 0 saturated heterocycles. The largest absolute Gasteiger partial charge is 0.332 e. The maximum Gasteiger partial charge on any atom is 0.0999 e. The van der Waals surface area contributed by atoms with E-state index in [4.69, 9.17) is 0 Å². The summed E-state index contributed by atoms with van der Waals surface area (Å²) in [6.07, 6.45) is 11.9. The third-order valence-corrected chi connectivity index (χ3v) is 4.23. The molecule has 0 N–H and O–H groups in total. The second-order valence-electron chi connectivity index (χ2n) is 5.49. The van der Waals surface area contributed by atoms with Gasteiger partial charge in [0, 0.05) is 0 Å². The third-order valence-electron chi connectivity index (χ3n) is 4.23. The van der Waals surface area contributed by atoms with Gasteiger partial charge in [0.2, 0.25) is 0 Å². The first-order valence-corrected chi connectivity index (χ1v) is 6.82. The minimum absolute atomic E-state index is 0.496.